The van der Waals surface area contributed by atoms with E-state index in [-0.39, 0.29) is 11.4 Å². The third-order valence-electron chi connectivity index (χ3n) is 4.56. The fraction of sp³-hybridized carbons (Fsp3) is 0.190. The molecular formula is C21H20FN3O4S. The summed E-state index contributed by atoms with van der Waals surface area (Å²) in [5, 5.41) is 4.47. The van der Waals surface area contributed by atoms with Crippen molar-refractivity contribution in [1.29, 1.82) is 0 Å². The number of hydrogen-bond donors (Lipinski definition) is 2. The van der Waals surface area contributed by atoms with Gasteiger partial charge in [-0.1, -0.05) is 0 Å². The van der Waals surface area contributed by atoms with Gasteiger partial charge in [-0.05, 0) is 62.5 Å². The van der Waals surface area contributed by atoms with Gasteiger partial charge < -0.3 is 20.4 Å². The number of aryl methyl sites for hydroxylation is 1. The number of esters is 1. The standard InChI is InChI=1S/C21H20FN3O4S/c1-11-10-17(12(2)25(11)15-6-4-14(22)5-7-15)21(28)29-13(3)19(27)24-20-16(18(23)26)8-9-30-20/h4-10,13H,1-3H3,(H2,23,26)(H,24,27). The number of nitrogens with zero attached hydrogens (tertiary/aromatic N) is 1. The average molecular weight is 429 g/mol. The van der Waals surface area contributed by atoms with Crippen molar-refractivity contribution >= 4 is 34.1 Å². The zero-order chi connectivity index (χ0) is 22.0. The molecule has 0 saturated heterocycles. The smallest absolute Gasteiger partial charge is 0.340 e. The van der Waals surface area contributed by atoms with Crippen molar-refractivity contribution < 1.29 is 23.5 Å². The highest BCUT2D eigenvalue weighted by Gasteiger charge is 2.24. The molecule has 2 aromatic heterocycles. The molecule has 9 heteroatoms. The molecule has 7 nitrogen and oxygen atoms in total. The van der Waals surface area contributed by atoms with Gasteiger partial charge in [0.25, 0.3) is 11.8 Å². The number of nitrogens with one attached hydrogen (secondary N) is 1. The van der Waals surface area contributed by atoms with Gasteiger partial charge in [0.1, 0.15) is 10.8 Å². The van der Waals surface area contributed by atoms with Crippen LogP contribution in [0, 0.1) is 19.7 Å². The summed E-state index contributed by atoms with van der Waals surface area (Å²) in [5.74, 6) is -2.27. The fourth-order valence-corrected chi connectivity index (χ4v) is 3.84. The number of halogens is 1. The lowest BCUT2D eigenvalue weighted by molar-refractivity contribution is -0.123. The Morgan fingerprint density at radius 1 is 1.13 bits per heavy atom. The Labute approximate surface area is 176 Å². The third-order valence-corrected chi connectivity index (χ3v) is 5.39. The van der Waals surface area contributed by atoms with Gasteiger partial charge in [-0.15, -0.1) is 11.3 Å². The van der Waals surface area contributed by atoms with Crippen molar-refractivity contribution in [2.75, 3.05) is 5.32 Å². The summed E-state index contributed by atoms with van der Waals surface area (Å²) in [7, 11) is 0. The van der Waals surface area contributed by atoms with Gasteiger partial charge in [-0.3, -0.25) is 9.59 Å². The molecule has 3 aromatic rings. The van der Waals surface area contributed by atoms with Crippen molar-refractivity contribution in [3.63, 3.8) is 0 Å². The summed E-state index contributed by atoms with van der Waals surface area (Å²) in [6.07, 6.45) is -1.10. The summed E-state index contributed by atoms with van der Waals surface area (Å²) < 4.78 is 20.3. The minimum atomic E-state index is -1.10. The lowest BCUT2D eigenvalue weighted by atomic mass is 10.2. The Morgan fingerprint density at radius 2 is 1.80 bits per heavy atom. The van der Waals surface area contributed by atoms with Crippen LogP contribution in [0.25, 0.3) is 5.69 Å². The van der Waals surface area contributed by atoms with Gasteiger partial charge in [0.15, 0.2) is 6.10 Å². The second-order valence-corrected chi connectivity index (χ2v) is 7.58. The van der Waals surface area contributed by atoms with E-state index in [0.29, 0.717) is 21.9 Å². The first-order valence-electron chi connectivity index (χ1n) is 9.03. The van der Waals surface area contributed by atoms with Crippen molar-refractivity contribution in [2.45, 2.75) is 26.9 Å². The predicted molar refractivity (Wildman–Crippen MR) is 112 cm³/mol. The van der Waals surface area contributed by atoms with Crippen molar-refractivity contribution in [2.24, 2.45) is 5.73 Å². The molecular weight excluding hydrogens is 409 g/mol. The van der Waals surface area contributed by atoms with Crippen LogP contribution < -0.4 is 11.1 Å². The molecule has 2 amide bonds. The number of aromatic nitrogens is 1. The first-order valence-corrected chi connectivity index (χ1v) is 9.91. The minimum absolute atomic E-state index is 0.190. The molecule has 0 aliphatic heterocycles. The lowest BCUT2D eigenvalue weighted by Gasteiger charge is -2.14. The molecule has 3 rings (SSSR count). The van der Waals surface area contributed by atoms with Gasteiger partial charge in [0.05, 0.1) is 11.1 Å². The van der Waals surface area contributed by atoms with Crippen LogP contribution in [-0.4, -0.2) is 28.5 Å². The Bertz CT molecular complexity index is 1120. The molecule has 0 spiro atoms. The fourth-order valence-electron chi connectivity index (χ4n) is 3.05. The topological polar surface area (TPSA) is 103 Å². The maximum atomic E-state index is 13.2. The molecule has 0 aliphatic carbocycles. The number of thiophene rings is 1. The molecule has 0 saturated carbocycles. The third kappa shape index (κ3) is 4.25. The van der Waals surface area contributed by atoms with Crippen LogP contribution in [0.15, 0.2) is 41.8 Å². The van der Waals surface area contributed by atoms with Crippen LogP contribution in [-0.2, 0) is 9.53 Å². The van der Waals surface area contributed by atoms with E-state index in [0.717, 1.165) is 17.0 Å². The number of anilines is 1. The highest BCUT2D eigenvalue weighted by Crippen LogP contribution is 2.24. The molecule has 1 atom stereocenters. The molecule has 0 bridgehead atoms. The zero-order valence-electron chi connectivity index (χ0n) is 16.6. The lowest BCUT2D eigenvalue weighted by Crippen LogP contribution is -2.30. The largest absolute Gasteiger partial charge is 0.449 e. The number of nitrogens with two attached hydrogens (primary N) is 1. The molecule has 3 N–H and O–H groups in total. The molecule has 156 valence electrons. The highest BCUT2D eigenvalue weighted by molar-refractivity contribution is 7.14. The van der Waals surface area contributed by atoms with Crippen LogP contribution in [0.1, 0.15) is 39.0 Å². The number of primary amides is 1. The van der Waals surface area contributed by atoms with Crippen molar-refractivity contribution in [3.05, 3.63) is 70.1 Å². The molecule has 0 radical (unpaired) electrons. The Morgan fingerprint density at radius 3 is 2.43 bits per heavy atom. The van der Waals surface area contributed by atoms with E-state index in [2.05, 4.69) is 5.32 Å². The predicted octanol–water partition coefficient (Wildman–Crippen LogP) is 3.58. The quantitative estimate of drug-likeness (QED) is 0.585. The number of hydrogen-bond acceptors (Lipinski definition) is 5. The summed E-state index contributed by atoms with van der Waals surface area (Å²) in [5.41, 5.74) is 7.81. The summed E-state index contributed by atoms with van der Waals surface area (Å²) in [6, 6.07) is 9.04. The van der Waals surface area contributed by atoms with E-state index in [4.69, 9.17) is 10.5 Å². The van der Waals surface area contributed by atoms with Crippen LogP contribution in [0.5, 0.6) is 0 Å². The number of ether oxygens (including phenoxy) is 1. The second-order valence-electron chi connectivity index (χ2n) is 6.66. The van der Waals surface area contributed by atoms with Crippen LogP contribution in [0.4, 0.5) is 9.39 Å². The van der Waals surface area contributed by atoms with E-state index < -0.39 is 23.9 Å². The average Bonchev–Trinajstić information content (AvgIpc) is 3.27. The highest BCUT2D eigenvalue weighted by atomic mass is 32.1. The van der Waals surface area contributed by atoms with Gasteiger partial charge in [-0.25, -0.2) is 9.18 Å². The maximum Gasteiger partial charge on any atom is 0.340 e. The maximum absolute atomic E-state index is 13.2. The minimum Gasteiger partial charge on any atom is -0.449 e. The Hall–Kier alpha value is -3.46. The molecule has 2 heterocycles. The van der Waals surface area contributed by atoms with E-state index in [1.165, 1.54) is 25.1 Å². The first-order chi connectivity index (χ1) is 14.2. The number of rotatable bonds is 6. The summed E-state index contributed by atoms with van der Waals surface area (Å²) >= 11 is 1.14. The monoisotopic (exact) mass is 429 g/mol. The van der Waals surface area contributed by atoms with Crippen molar-refractivity contribution in [3.8, 4) is 5.69 Å². The first kappa shape index (κ1) is 21.3. The van der Waals surface area contributed by atoms with Gasteiger partial charge in [-0.2, -0.15) is 0 Å². The number of carbonyl (C=O) groups excluding carboxylic acids is 3. The Kier molecular flexibility index (Phi) is 6.02. The van der Waals surface area contributed by atoms with Gasteiger partial charge in [0, 0.05) is 17.1 Å². The van der Waals surface area contributed by atoms with E-state index in [9.17, 15) is 18.8 Å². The van der Waals surface area contributed by atoms with E-state index in [1.807, 2.05) is 6.92 Å². The van der Waals surface area contributed by atoms with Crippen molar-refractivity contribution in [1.82, 2.24) is 4.57 Å². The van der Waals surface area contributed by atoms with Crippen LogP contribution in [0.2, 0.25) is 0 Å². The Balaban J connectivity index is 1.75. The normalized spacial score (nSPS) is 11.7. The molecule has 1 aromatic carbocycles. The summed E-state index contributed by atoms with van der Waals surface area (Å²) in [4.78, 5) is 36.4. The summed E-state index contributed by atoms with van der Waals surface area (Å²) in [6.45, 7) is 4.98. The van der Waals surface area contributed by atoms with Crippen LogP contribution in [0.3, 0.4) is 0 Å². The molecule has 0 aliphatic rings. The van der Waals surface area contributed by atoms with Crippen LogP contribution >= 0.6 is 11.3 Å². The molecule has 30 heavy (non-hydrogen) atoms. The second kappa shape index (κ2) is 8.50. The van der Waals surface area contributed by atoms with E-state index in [1.54, 1.807) is 35.1 Å². The molecule has 1 unspecified atom stereocenters. The van der Waals surface area contributed by atoms with Gasteiger partial charge >= 0.3 is 5.97 Å². The zero-order valence-corrected chi connectivity index (χ0v) is 17.4. The number of amides is 2. The number of benzene rings is 1. The van der Waals surface area contributed by atoms with E-state index >= 15 is 0 Å². The molecule has 0 fully saturated rings. The SMILES string of the molecule is Cc1cc(C(=O)OC(C)C(=O)Nc2sccc2C(N)=O)c(C)n1-c1ccc(F)cc1. The van der Waals surface area contributed by atoms with Gasteiger partial charge in [0.2, 0.25) is 0 Å². The number of carbonyl (C=O) groups is 3.